The van der Waals surface area contributed by atoms with Crippen molar-refractivity contribution in [1.29, 1.82) is 0 Å². The Morgan fingerprint density at radius 1 is 1.22 bits per heavy atom. The van der Waals surface area contributed by atoms with Crippen molar-refractivity contribution < 1.29 is 24.2 Å². The maximum atomic E-state index is 14.3. The molecule has 3 amide bonds. The minimum absolute atomic E-state index is 0.150. The molecule has 5 heterocycles. The molecule has 1 aliphatic carbocycles. The molecule has 7 rings (SSSR count). The van der Waals surface area contributed by atoms with Crippen LogP contribution in [0.25, 0.3) is 16.5 Å². The number of benzene rings is 1. The minimum Gasteiger partial charge on any atom is -0.361 e. The number of carbonyl (C=O) groups is 3. The van der Waals surface area contributed by atoms with Crippen LogP contribution in [0.4, 0.5) is 0 Å². The van der Waals surface area contributed by atoms with Crippen molar-refractivity contribution in [3.05, 3.63) is 41.6 Å². The number of aromatic nitrogens is 1. The normalized spacial score (nSPS) is 34.8. The van der Waals surface area contributed by atoms with Crippen LogP contribution in [0.2, 0.25) is 0 Å². The van der Waals surface area contributed by atoms with E-state index >= 15 is 0 Å². The Bertz CT molecular complexity index is 1500. The smallest absolute Gasteiger partial charge is 0.281 e. The average molecular weight is 562 g/mol. The lowest BCUT2D eigenvalue weighted by Gasteiger charge is -2.49. The molecule has 6 atom stereocenters. The van der Waals surface area contributed by atoms with Crippen LogP contribution in [0.1, 0.15) is 51.7 Å². The first-order valence-corrected chi connectivity index (χ1v) is 14.9. The fraction of sp³-hybridized carbons (Fsp3) is 0.581. The summed E-state index contributed by atoms with van der Waals surface area (Å²) in [7, 11) is 2.03. The summed E-state index contributed by atoms with van der Waals surface area (Å²) in [6.45, 7) is 8.32. The highest BCUT2D eigenvalue weighted by Crippen LogP contribution is 2.49. The molecule has 218 valence electrons. The van der Waals surface area contributed by atoms with Crippen molar-refractivity contribution in [2.24, 2.45) is 17.8 Å². The molecule has 2 aromatic rings. The summed E-state index contributed by atoms with van der Waals surface area (Å²) in [6, 6.07) is 4.80. The largest absolute Gasteiger partial charge is 0.361 e. The molecule has 0 unspecified atom stereocenters. The summed E-state index contributed by atoms with van der Waals surface area (Å²) >= 11 is 0. The second-order valence-corrected chi connectivity index (χ2v) is 13.1. The molecule has 0 radical (unpaired) electrons. The number of ether oxygens (including phenoxy) is 1. The van der Waals surface area contributed by atoms with Gasteiger partial charge in [0.2, 0.25) is 17.5 Å². The third-order valence-electron chi connectivity index (χ3n) is 10.1. The Hall–Kier alpha value is -3.21. The van der Waals surface area contributed by atoms with E-state index in [4.69, 9.17) is 4.74 Å². The van der Waals surface area contributed by atoms with Crippen LogP contribution in [0.5, 0.6) is 0 Å². The van der Waals surface area contributed by atoms with Crippen LogP contribution in [0.15, 0.2) is 30.5 Å². The van der Waals surface area contributed by atoms with E-state index in [2.05, 4.69) is 33.5 Å². The van der Waals surface area contributed by atoms with Crippen LogP contribution < -0.4 is 5.32 Å². The van der Waals surface area contributed by atoms with Crippen LogP contribution in [-0.4, -0.2) is 92.4 Å². The number of rotatable bonds is 4. The Kier molecular flexibility index (Phi) is 5.79. The van der Waals surface area contributed by atoms with Crippen molar-refractivity contribution in [2.75, 3.05) is 20.1 Å². The number of amides is 3. The van der Waals surface area contributed by atoms with Gasteiger partial charge in [0.15, 0.2) is 0 Å². The van der Waals surface area contributed by atoms with Gasteiger partial charge in [-0.25, -0.2) is 0 Å². The zero-order valence-corrected chi connectivity index (χ0v) is 24.3. The van der Waals surface area contributed by atoms with Crippen LogP contribution in [-0.2, 0) is 25.5 Å². The highest BCUT2D eigenvalue weighted by atomic mass is 16.7. The first-order chi connectivity index (χ1) is 19.5. The van der Waals surface area contributed by atoms with Gasteiger partial charge in [-0.05, 0) is 55.0 Å². The van der Waals surface area contributed by atoms with Gasteiger partial charge in [0, 0.05) is 42.1 Å². The Balaban J connectivity index is 1.25. The number of fused-ring (bicyclic) bond motifs is 5. The fourth-order valence-corrected chi connectivity index (χ4v) is 7.97. The molecule has 10 heteroatoms. The summed E-state index contributed by atoms with van der Waals surface area (Å²) in [5, 5.41) is 16.2. The SMILES string of the molecule is CC(C)[C@@H]1C(=O)N2CCC[C@@H]2[C@@]2(O)O[C@@](NC(=O)[C@H]3C=C4c5cccc6[nH]cc(c56)C[C@H]4N(C)C3)(C(C)C)C(=O)N12. The van der Waals surface area contributed by atoms with Gasteiger partial charge in [-0.1, -0.05) is 45.9 Å². The van der Waals surface area contributed by atoms with Gasteiger partial charge >= 0.3 is 0 Å². The zero-order chi connectivity index (χ0) is 29.0. The van der Waals surface area contributed by atoms with Crippen LogP contribution >= 0.6 is 0 Å². The number of hydrogen-bond donors (Lipinski definition) is 3. The monoisotopic (exact) mass is 561 g/mol. The van der Waals surface area contributed by atoms with Gasteiger partial charge in [-0.15, -0.1) is 0 Å². The summed E-state index contributed by atoms with van der Waals surface area (Å²) in [5.41, 5.74) is 2.78. The van der Waals surface area contributed by atoms with Crippen LogP contribution in [0.3, 0.4) is 0 Å². The lowest BCUT2D eigenvalue weighted by molar-refractivity contribution is -0.323. The quantitative estimate of drug-likeness (QED) is 0.526. The second-order valence-electron chi connectivity index (χ2n) is 13.1. The summed E-state index contributed by atoms with van der Waals surface area (Å²) in [4.78, 5) is 50.4. The Morgan fingerprint density at radius 3 is 2.73 bits per heavy atom. The molecule has 0 saturated carbocycles. The molecule has 3 saturated heterocycles. The van der Waals surface area contributed by atoms with E-state index in [1.807, 2.05) is 33.0 Å². The molecule has 1 aromatic carbocycles. The molecule has 41 heavy (non-hydrogen) atoms. The lowest BCUT2D eigenvalue weighted by atomic mass is 9.79. The minimum atomic E-state index is -2.01. The van der Waals surface area contributed by atoms with Crippen molar-refractivity contribution in [2.45, 2.75) is 76.7 Å². The maximum Gasteiger partial charge on any atom is 0.281 e. The summed E-state index contributed by atoms with van der Waals surface area (Å²) < 4.78 is 6.40. The molecule has 3 N–H and O–H groups in total. The van der Waals surface area contributed by atoms with E-state index < -0.39 is 41.5 Å². The third kappa shape index (κ3) is 3.50. The van der Waals surface area contributed by atoms with Crippen molar-refractivity contribution in [3.8, 4) is 0 Å². The number of aromatic amines is 1. The second kappa shape index (κ2) is 8.89. The molecule has 4 aliphatic heterocycles. The summed E-state index contributed by atoms with van der Waals surface area (Å²) in [6.07, 6.45) is 6.21. The number of likely N-dealkylation sites (N-methyl/N-ethyl adjacent to an activating group) is 1. The number of nitrogens with zero attached hydrogens (tertiary/aromatic N) is 3. The van der Waals surface area contributed by atoms with E-state index in [0.29, 0.717) is 25.9 Å². The predicted octanol–water partition coefficient (Wildman–Crippen LogP) is 2.04. The summed E-state index contributed by atoms with van der Waals surface area (Å²) in [5.74, 6) is -4.36. The fourth-order valence-electron chi connectivity index (χ4n) is 7.97. The molecular weight excluding hydrogens is 522 g/mol. The van der Waals surface area contributed by atoms with Gasteiger partial charge in [0.05, 0.1) is 5.92 Å². The van der Waals surface area contributed by atoms with Crippen molar-refractivity contribution in [3.63, 3.8) is 0 Å². The Labute approximate surface area is 239 Å². The number of piperazine rings is 1. The predicted molar refractivity (Wildman–Crippen MR) is 152 cm³/mol. The van der Waals surface area contributed by atoms with Gasteiger partial charge in [-0.2, -0.15) is 0 Å². The van der Waals surface area contributed by atoms with E-state index in [1.54, 1.807) is 18.7 Å². The molecule has 0 bridgehead atoms. The molecule has 3 fully saturated rings. The Morgan fingerprint density at radius 2 is 2.00 bits per heavy atom. The standard InChI is InChI=1S/C31H39N5O5/c1-16(2)26-28(38)35-11-7-10-24(35)31(40)36(26)29(39)30(41-31,17(3)4)33-27(37)19-12-21-20-8-6-9-22-25(20)18(14-32-22)13-23(21)34(5)15-19/h6,8-9,12,14,16-17,19,23-24,26,32,40H,7,10-11,13,15H2,1-5H3,(H,33,37)/t19-,23+,24+,26+,30-,31+/m0/s1. The van der Waals surface area contributed by atoms with Gasteiger partial charge < -0.3 is 20.3 Å². The number of nitrogens with one attached hydrogen (secondary N) is 2. The van der Waals surface area contributed by atoms with Gasteiger partial charge in [-0.3, -0.25) is 28.9 Å². The molecule has 5 aliphatic rings. The number of H-pyrrole nitrogens is 1. The molecular formula is C31H39N5O5. The van der Waals surface area contributed by atoms with Gasteiger partial charge in [0.25, 0.3) is 11.8 Å². The number of aliphatic hydroxyl groups is 1. The highest BCUT2D eigenvalue weighted by Gasteiger charge is 2.72. The highest BCUT2D eigenvalue weighted by molar-refractivity contribution is 6.01. The van der Waals surface area contributed by atoms with Crippen molar-refractivity contribution in [1.82, 2.24) is 25.0 Å². The molecule has 0 spiro atoms. The molecule has 10 nitrogen and oxygen atoms in total. The topological polar surface area (TPSA) is 118 Å². The van der Waals surface area contributed by atoms with E-state index in [-0.39, 0.29) is 23.8 Å². The molecule has 1 aromatic heterocycles. The van der Waals surface area contributed by atoms with Crippen LogP contribution in [0, 0.1) is 17.8 Å². The first kappa shape index (κ1) is 26.7. The van der Waals surface area contributed by atoms with E-state index in [0.717, 1.165) is 23.1 Å². The zero-order valence-electron chi connectivity index (χ0n) is 24.3. The van der Waals surface area contributed by atoms with Crippen molar-refractivity contribution >= 4 is 34.2 Å². The van der Waals surface area contributed by atoms with E-state index in [9.17, 15) is 19.5 Å². The third-order valence-corrected chi connectivity index (χ3v) is 10.1. The first-order valence-electron chi connectivity index (χ1n) is 14.9. The lowest BCUT2D eigenvalue weighted by Crippen LogP contribution is -2.72. The van der Waals surface area contributed by atoms with Gasteiger partial charge in [0.1, 0.15) is 12.1 Å². The van der Waals surface area contributed by atoms with E-state index in [1.165, 1.54) is 15.8 Å². The average Bonchev–Trinajstić information content (AvgIpc) is 3.64. The number of carbonyl (C=O) groups excluding carboxylic acids is 3. The maximum absolute atomic E-state index is 14.3. The number of hydrogen-bond acceptors (Lipinski definition) is 6.